The third-order valence-electron chi connectivity index (χ3n) is 5.80. The number of carbonyl (C=O) groups is 2. The number of aryl methyl sites for hydroxylation is 1. The molecule has 0 spiro atoms. The van der Waals surface area contributed by atoms with Crippen LogP contribution in [0.4, 0.5) is 4.79 Å². The molecule has 1 saturated carbocycles. The van der Waals surface area contributed by atoms with Crippen LogP contribution in [-0.2, 0) is 29.5 Å². The van der Waals surface area contributed by atoms with Crippen molar-refractivity contribution in [3.8, 4) is 0 Å². The van der Waals surface area contributed by atoms with Crippen LogP contribution in [0.2, 0.25) is 0 Å². The standard InChI is InChI=1S/C20H29N5O4/c1-3-29-19(27)18-16-12-25(8-7-17(16)23-24(18)2)20(28)22-11-15-6-4-5-14(9-15)10-21-13-26/h14-15H,3-12H2,1-2H3,(H,22,28). The Bertz CT molecular complexity index is 799. The van der Waals surface area contributed by atoms with E-state index in [1.54, 1.807) is 29.6 Å². The van der Waals surface area contributed by atoms with E-state index in [9.17, 15) is 14.4 Å². The van der Waals surface area contributed by atoms with Gasteiger partial charge in [-0.15, -0.1) is 0 Å². The van der Waals surface area contributed by atoms with E-state index in [1.165, 1.54) is 0 Å². The summed E-state index contributed by atoms with van der Waals surface area (Å²) in [7, 11) is 1.73. The van der Waals surface area contributed by atoms with Crippen LogP contribution in [0.15, 0.2) is 4.99 Å². The van der Waals surface area contributed by atoms with E-state index in [4.69, 9.17) is 4.74 Å². The van der Waals surface area contributed by atoms with Crippen LogP contribution >= 0.6 is 0 Å². The number of hydrogen-bond donors (Lipinski definition) is 1. The second-order valence-electron chi connectivity index (χ2n) is 7.81. The lowest BCUT2D eigenvalue weighted by atomic mass is 9.81. The number of aliphatic imine (C=N–C) groups is 1. The van der Waals surface area contributed by atoms with Gasteiger partial charge in [0.2, 0.25) is 6.08 Å². The third-order valence-corrected chi connectivity index (χ3v) is 5.80. The van der Waals surface area contributed by atoms with E-state index in [1.807, 2.05) is 0 Å². The molecule has 1 aromatic heterocycles. The molecule has 2 aliphatic rings. The highest BCUT2D eigenvalue weighted by atomic mass is 16.5. The van der Waals surface area contributed by atoms with E-state index in [0.717, 1.165) is 36.9 Å². The lowest BCUT2D eigenvalue weighted by Gasteiger charge is -2.30. The number of hydrogen-bond acceptors (Lipinski definition) is 6. The second-order valence-corrected chi connectivity index (χ2v) is 7.81. The van der Waals surface area contributed by atoms with Crippen LogP contribution < -0.4 is 5.32 Å². The molecular weight excluding hydrogens is 374 g/mol. The van der Waals surface area contributed by atoms with Crippen molar-refractivity contribution < 1.29 is 19.1 Å². The third kappa shape index (κ3) is 5.03. The number of urea groups is 1. The normalized spacial score (nSPS) is 21.1. The number of nitrogens with zero attached hydrogens (tertiary/aromatic N) is 4. The van der Waals surface area contributed by atoms with Gasteiger partial charge in [-0.3, -0.25) is 4.68 Å². The summed E-state index contributed by atoms with van der Waals surface area (Å²) >= 11 is 0. The number of isocyanates is 1. The maximum absolute atomic E-state index is 12.7. The van der Waals surface area contributed by atoms with Gasteiger partial charge in [0, 0.05) is 32.1 Å². The van der Waals surface area contributed by atoms with Crippen molar-refractivity contribution in [2.45, 2.75) is 45.6 Å². The molecule has 9 nitrogen and oxygen atoms in total. The highest BCUT2D eigenvalue weighted by Crippen LogP contribution is 2.29. The largest absolute Gasteiger partial charge is 0.461 e. The Morgan fingerprint density at radius 1 is 1.34 bits per heavy atom. The summed E-state index contributed by atoms with van der Waals surface area (Å²) in [6.07, 6.45) is 6.42. The molecule has 9 heteroatoms. The maximum atomic E-state index is 12.7. The van der Waals surface area contributed by atoms with E-state index >= 15 is 0 Å². The van der Waals surface area contributed by atoms with Crippen molar-refractivity contribution in [1.82, 2.24) is 20.0 Å². The number of ether oxygens (including phenoxy) is 1. The van der Waals surface area contributed by atoms with Gasteiger partial charge in [0.1, 0.15) is 0 Å². The molecule has 1 aliphatic carbocycles. The first-order valence-electron chi connectivity index (χ1n) is 10.3. The summed E-state index contributed by atoms with van der Waals surface area (Å²) in [4.78, 5) is 40.8. The van der Waals surface area contributed by atoms with E-state index < -0.39 is 5.97 Å². The molecule has 29 heavy (non-hydrogen) atoms. The van der Waals surface area contributed by atoms with Crippen molar-refractivity contribution in [1.29, 1.82) is 0 Å². The monoisotopic (exact) mass is 403 g/mol. The summed E-state index contributed by atoms with van der Waals surface area (Å²) < 4.78 is 6.69. The quantitative estimate of drug-likeness (QED) is 0.443. The van der Waals surface area contributed by atoms with E-state index in [2.05, 4.69) is 15.4 Å². The van der Waals surface area contributed by atoms with Crippen molar-refractivity contribution in [3.63, 3.8) is 0 Å². The minimum absolute atomic E-state index is 0.123. The molecule has 1 aliphatic heterocycles. The molecule has 2 heterocycles. The summed E-state index contributed by atoms with van der Waals surface area (Å²) in [5.74, 6) is 0.387. The molecule has 0 saturated heterocycles. The lowest BCUT2D eigenvalue weighted by molar-refractivity contribution is 0.0511. The first kappa shape index (κ1) is 21.0. The van der Waals surface area contributed by atoms with Crippen LogP contribution in [0.1, 0.15) is 54.4 Å². The summed E-state index contributed by atoms with van der Waals surface area (Å²) in [5, 5.41) is 7.47. The van der Waals surface area contributed by atoms with Crippen molar-refractivity contribution in [3.05, 3.63) is 17.0 Å². The van der Waals surface area contributed by atoms with Gasteiger partial charge in [-0.25, -0.2) is 19.4 Å². The number of amides is 2. The number of rotatable bonds is 6. The minimum Gasteiger partial charge on any atom is -0.461 e. The number of fused-ring (bicyclic) bond motifs is 1. The Hall–Kier alpha value is -2.67. The molecule has 1 aromatic rings. The van der Waals surface area contributed by atoms with Crippen LogP contribution in [0, 0.1) is 11.8 Å². The van der Waals surface area contributed by atoms with Gasteiger partial charge >= 0.3 is 12.0 Å². The fraction of sp³-hybridized carbons (Fsp3) is 0.700. The van der Waals surface area contributed by atoms with E-state index in [0.29, 0.717) is 56.7 Å². The zero-order chi connectivity index (χ0) is 20.8. The summed E-state index contributed by atoms with van der Waals surface area (Å²) in [6.45, 7) is 4.12. The molecule has 2 unspecified atom stereocenters. The van der Waals surface area contributed by atoms with Crippen molar-refractivity contribution in [2.24, 2.45) is 23.9 Å². The fourth-order valence-corrected chi connectivity index (χ4v) is 4.39. The summed E-state index contributed by atoms with van der Waals surface area (Å²) in [5.41, 5.74) is 2.05. The Balaban J connectivity index is 1.57. The molecule has 2 amide bonds. The van der Waals surface area contributed by atoms with Crippen LogP contribution in [-0.4, -0.2) is 59.0 Å². The SMILES string of the molecule is CCOC(=O)c1c2c(nn1C)CCN(C(=O)NCC1CCCC(CN=C=O)C1)C2. The second kappa shape index (κ2) is 9.69. The average Bonchev–Trinajstić information content (AvgIpc) is 3.05. The van der Waals surface area contributed by atoms with Crippen molar-refractivity contribution in [2.75, 3.05) is 26.2 Å². The smallest absolute Gasteiger partial charge is 0.356 e. The first-order valence-corrected chi connectivity index (χ1v) is 10.3. The Morgan fingerprint density at radius 3 is 2.90 bits per heavy atom. The Labute approximate surface area is 170 Å². The highest BCUT2D eigenvalue weighted by Gasteiger charge is 2.30. The zero-order valence-electron chi connectivity index (χ0n) is 17.1. The van der Waals surface area contributed by atoms with Gasteiger partial charge in [-0.1, -0.05) is 6.42 Å². The number of nitrogens with one attached hydrogen (secondary N) is 1. The van der Waals surface area contributed by atoms with Gasteiger partial charge in [-0.05, 0) is 38.0 Å². The zero-order valence-corrected chi connectivity index (χ0v) is 17.1. The van der Waals surface area contributed by atoms with Crippen LogP contribution in [0.3, 0.4) is 0 Å². The topological polar surface area (TPSA) is 106 Å². The van der Waals surface area contributed by atoms with Gasteiger partial charge in [0.05, 0.1) is 25.4 Å². The average molecular weight is 403 g/mol. The first-order chi connectivity index (χ1) is 14.0. The predicted molar refractivity (Wildman–Crippen MR) is 105 cm³/mol. The molecule has 1 N–H and O–H groups in total. The molecule has 2 atom stereocenters. The van der Waals surface area contributed by atoms with Gasteiger partial charge in [-0.2, -0.15) is 5.10 Å². The maximum Gasteiger partial charge on any atom is 0.356 e. The van der Waals surface area contributed by atoms with E-state index in [-0.39, 0.29) is 6.03 Å². The predicted octanol–water partition coefficient (Wildman–Crippen LogP) is 1.81. The number of esters is 1. The molecule has 1 fully saturated rings. The summed E-state index contributed by atoms with van der Waals surface area (Å²) in [6, 6.07) is -0.123. The van der Waals surface area contributed by atoms with Gasteiger partial charge in [0.15, 0.2) is 5.69 Å². The Kier molecular flexibility index (Phi) is 7.04. The molecular formula is C20H29N5O4. The van der Waals surface area contributed by atoms with Gasteiger partial charge < -0.3 is 15.0 Å². The number of aromatic nitrogens is 2. The fourth-order valence-electron chi connectivity index (χ4n) is 4.39. The van der Waals surface area contributed by atoms with Crippen LogP contribution in [0.25, 0.3) is 0 Å². The molecule has 0 bridgehead atoms. The molecule has 0 radical (unpaired) electrons. The number of carbonyl (C=O) groups excluding carboxylic acids is 3. The van der Waals surface area contributed by atoms with Crippen LogP contribution in [0.5, 0.6) is 0 Å². The van der Waals surface area contributed by atoms with Gasteiger partial charge in [0.25, 0.3) is 0 Å². The minimum atomic E-state index is -0.405. The molecule has 0 aromatic carbocycles. The highest BCUT2D eigenvalue weighted by molar-refractivity contribution is 5.90. The Morgan fingerprint density at radius 2 is 2.14 bits per heavy atom. The molecule has 3 rings (SSSR count). The lowest BCUT2D eigenvalue weighted by Crippen LogP contribution is -2.44. The van der Waals surface area contributed by atoms with Crippen molar-refractivity contribution >= 4 is 18.1 Å². The molecule has 158 valence electrons.